The van der Waals surface area contributed by atoms with E-state index in [-0.39, 0.29) is 0 Å². The quantitative estimate of drug-likeness (QED) is 0.762. The van der Waals surface area contributed by atoms with E-state index in [0.717, 1.165) is 11.3 Å². The Morgan fingerprint density at radius 1 is 1.19 bits per heavy atom. The molecule has 0 atom stereocenters. The predicted octanol–water partition coefficient (Wildman–Crippen LogP) is 2.02. The standard InChI is InChI=1S/C12H9N3O/c1-16-12-6-5-11(14-15-12)10-4-2-3-9(7-10)8-13/h2-7H,1H3. The molecule has 2 aromatic rings. The molecule has 4 nitrogen and oxygen atoms in total. The number of aromatic nitrogens is 2. The minimum Gasteiger partial charge on any atom is -0.480 e. The van der Waals surface area contributed by atoms with Crippen molar-refractivity contribution in [1.82, 2.24) is 10.2 Å². The molecule has 0 fully saturated rings. The van der Waals surface area contributed by atoms with Crippen LogP contribution in [-0.4, -0.2) is 17.3 Å². The van der Waals surface area contributed by atoms with Crippen LogP contribution in [0.15, 0.2) is 36.4 Å². The summed E-state index contributed by atoms with van der Waals surface area (Å²) < 4.78 is 4.92. The van der Waals surface area contributed by atoms with Crippen LogP contribution in [0.2, 0.25) is 0 Å². The maximum atomic E-state index is 8.79. The summed E-state index contributed by atoms with van der Waals surface area (Å²) in [5.74, 6) is 0.472. The van der Waals surface area contributed by atoms with Gasteiger partial charge in [-0.05, 0) is 18.2 Å². The van der Waals surface area contributed by atoms with Crippen molar-refractivity contribution < 1.29 is 4.74 Å². The second kappa shape index (κ2) is 4.41. The minimum absolute atomic E-state index is 0.472. The summed E-state index contributed by atoms with van der Waals surface area (Å²) in [4.78, 5) is 0. The van der Waals surface area contributed by atoms with Gasteiger partial charge in [-0.25, -0.2) is 0 Å². The fourth-order valence-electron chi connectivity index (χ4n) is 1.33. The molecule has 0 saturated heterocycles. The summed E-state index contributed by atoms with van der Waals surface area (Å²) in [7, 11) is 1.54. The Hall–Kier alpha value is -2.41. The zero-order valence-electron chi connectivity index (χ0n) is 8.71. The van der Waals surface area contributed by atoms with Crippen molar-refractivity contribution in [3.63, 3.8) is 0 Å². The van der Waals surface area contributed by atoms with Crippen LogP contribution in [0.4, 0.5) is 0 Å². The van der Waals surface area contributed by atoms with E-state index >= 15 is 0 Å². The minimum atomic E-state index is 0.472. The van der Waals surface area contributed by atoms with E-state index in [9.17, 15) is 0 Å². The second-order valence-electron chi connectivity index (χ2n) is 3.15. The first kappa shape index (κ1) is 10.1. The lowest BCUT2D eigenvalue weighted by Gasteiger charge is -2.01. The molecule has 2 rings (SSSR count). The molecule has 0 aliphatic carbocycles. The van der Waals surface area contributed by atoms with Gasteiger partial charge in [-0.2, -0.15) is 5.26 Å². The molecule has 1 heterocycles. The van der Waals surface area contributed by atoms with Crippen LogP contribution in [0.1, 0.15) is 5.56 Å². The second-order valence-corrected chi connectivity index (χ2v) is 3.15. The smallest absolute Gasteiger partial charge is 0.233 e. The summed E-state index contributed by atoms with van der Waals surface area (Å²) in [5, 5.41) is 16.7. The van der Waals surface area contributed by atoms with Gasteiger partial charge in [0, 0.05) is 11.6 Å². The average Bonchev–Trinajstić information content (AvgIpc) is 2.39. The number of nitriles is 1. The Bertz CT molecular complexity index is 529. The summed E-state index contributed by atoms with van der Waals surface area (Å²) in [5.41, 5.74) is 2.20. The van der Waals surface area contributed by atoms with E-state index < -0.39 is 0 Å². The fraction of sp³-hybridized carbons (Fsp3) is 0.0833. The van der Waals surface area contributed by atoms with Gasteiger partial charge < -0.3 is 4.74 Å². The first-order chi connectivity index (χ1) is 7.83. The molecular formula is C12H9N3O. The zero-order chi connectivity index (χ0) is 11.4. The molecule has 0 N–H and O–H groups in total. The van der Waals surface area contributed by atoms with Crippen LogP contribution in [0, 0.1) is 11.3 Å². The van der Waals surface area contributed by atoms with Crippen molar-refractivity contribution >= 4 is 0 Å². The van der Waals surface area contributed by atoms with E-state index in [2.05, 4.69) is 16.3 Å². The van der Waals surface area contributed by atoms with Gasteiger partial charge >= 0.3 is 0 Å². The average molecular weight is 211 g/mol. The van der Waals surface area contributed by atoms with E-state index in [1.165, 1.54) is 0 Å². The summed E-state index contributed by atoms with van der Waals surface area (Å²) in [6.07, 6.45) is 0. The van der Waals surface area contributed by atoms with Crippen molar-refractivity contribution in [2.75, 3.05) is 7.11 Å². The molecule has 1 aromatic heterocycles. The Kier molecular flexibility index (Phi) is 2.79. The van der Waals surface area contributed by atoms with Gasteiger partial charge in [0.15, 0.2) is 0 Å². The van der Waals surface area contributed by atoms with Gasteiger partial charge in [0.05, 0.1) is 24.4 Å². The third-order valence-corrected chi connectivity index (χ3v) is 2.14. The first-order valence-corrected chi connectivity index (χ1v) is 4.72. The number of methoxy groups -OCH3 is 1. The van der Waals surface area contributed by atoms with Crippen LogP contribution >= 0.6 is 0 Å². The number of benzene rings is 1. The maximum Gasteiger partial charge on any atom is 0.233 e. The number of hydrogen-bond donors (Lipinski definition) is 0. The van der Waals surface area contributed by atoms with E-state index in [1.54, 1.807) is 25.3 Å². The molecule has 0 saturated carbocycles. The molecule has 0 spiro atoms. The Morgan fingerprint density at radius 2 is 2.06 bits per heavy atom. The highest BCUT2D eigenvalue weighted by Gasteiger charge is 2.01. The summed E-state index contributed by atoms with van der Waals surface area (Å²) >= 11 is 0. The highest BCUT2D eigenvalue weighted by molar-refractivity contribution is 5.60. The number of ether oxygens (including phenoxy) is 1. The van der Waals surface area contributed by atoms with Crippen LogP contribution in [0.3, 0.4) is 0 Å². The third kappa shape index (κ3) is 1.98. The molecule has 0 aliphatic rings. The van der Waals surface area contributed by atoms with Crippen LogP contribution in [0.5, 0.6) is 5.88 Å². The van der Waals surface area contributed by atoms with Crippen LogP contribution in [0.25, 0.3) is 11.3 Å². The molecule has 4 heteroatoms. The normalized spacial score (nSPS) is 9.50. The number of rotatable bonds is 2. The molecule has 0 amide bonds. The van der Waals surface area contributed by atoms with E-state index in [0.29, 0.717) is 11.4 Å². The molecule has 1 aromatic carbocycles. The van der Waals surface area contributed by atoms with Gasteiger partial charge in [0.2, 0.25) is 5.88 Å². The lowest BCUT2D eigenvalue weighted by molar-refractivity contribution is 0.392. The van der Waals surface area contributed by atoms with Crippen LogP contribution < -0.4 is 4.74 Å². The summed E-state index contributed by atoms with van der Waals surface area (Å²) in [6, 6.07) is 12.9. The maximum absolute atomic E-state index is 8.79. The van der Waals surface area contributed by atoms with Gasteiger partial charge in [-0.3, -0.25) is 0 Å². The van der Waals surface area contributed by atoms with E-state index in [1.807, 2.05) is 18.2 Å². The van der Waals surface area contributed by atoms with Gasteiger partial charge in [0.1, 0.15) is 0 Å². The van der Waals surface area contributed by atoms with Crippen LogP contribution in [-0.2, 0) is 0 Å². The summed E-state index contributed by atoms with van der Waals surface area (Å²) in [6.45, 7) is 0. The van der Waals surface area contributed by atoms with Gasteiger partial charge in [-0.1, -0.05) is 12.1 Å². The lowest BCUT2D eigenvalue weighted by atomic mass is 10.1. The van der Waals surface area contributed by atoms with Gasteiger partial charge in [0.25, 0.3) is 0 Å². The third-order valence-electron chi connectivity index (χ3n) is 2.14. The Morgan fingerprint density at radius 3 is 2.69 bits per heavy atom. The van der Waals surface area contributed by atoms with Crippen molar-refractivity contribution in [2.24, 2.45) is 0 Å². The Labute approximate surface area is 93.1 Å². The number of nitrogens with zero attached hydrogens (tertiary/aromatic N) is 3. The molecule has 0 radical (unpaired) electrons. The monoisotopic (exact) mass is 211 g/mol. The molecular weight excluding hydrogens is 202 g/mol. The van der Waals surface area contributed by atoms with Crippen molar-refractivity contribution in [2.45, 2.75) is 0 Å². The Balaban J connectivity index is 2.39. The fourth-order valence-corrected chi connectivity index (χ4v) is 1.33. The SMILES string of the molecule is COc1ccc(-c2cccc(C#N)c2)nn1. The van der Waals surface area contributed by atoms with Crippen molar-refractivity contribution in [3.05, 3.63) is 42.0 Å². The van der Waals surface area contributed by atoms with Crippen molar-refractivity contribution in [3.8, 4) is 23.2 Å². The predicted molar refractivity (Wildman–Crippen MR) is 58.7 cm³/mol. The zero-order valence-corrected chi connectivity index (χ0v) is 8.71. The molecule has 16 heavy (non-hydrogen) atoms. The van der Waals surface area contributed by atoms with E-state index in [4.69, 9.17) is 10.00 Å². The first-order valence-electron chi connectivity index (χ1n) is 4.72. The molecule has 0 unspecified atom stereocenters. The topological polar surface area (TPSA) is 58.8 Å². The molecule has 0 aliphatic heterocycles. The lowest BCUT2D eigenvalue weighted by Crippen LogP contribution is -1.92. The highest BCUT2D eigenvalue weighted by Crippen LogP contribution is 2.18. The molecule has 78 valence electrons. The van der Waals surface area contributed by atoms with Gasteiger partial charge in [-0.15, -0.1) is 10.2 Å². The highest BCUT2D eigenvalue weighted by atomic mass is 16.5. The molecule has 0 bridgehead atoms. The van der Waals surface area contributed by atoms with Crippen molar-refractivity contribution in [1.29, 1.82) is 5.26 Å². The largest absolute Gasteiger partial charge is 0.480 e. The number of hydrogen-bond acceptors (Lipinski definition) is 4.